The number of hydrogen-bond donors (Lipinski definition) is 2. The number of aliphatic imine (C=N–C) groups is 1. The van der Waals surface area contributed by atoms with Gasteiger partial charge in [-0.1, -0.05) is 0 Å². The van der Waals surface area contributed by atoms with Gasteiger partial charge in [0.15, 0.2) is 0 Å². The van der Waals surface area contributed by atoms with Gasteiger partial charge in [-0.2, -0.15) is 0 Å². The largest absolute Gasteiger partial charge is 0.497 e. The maximum Gasteiger partial charge on any atom is 0.149 e. The first-order valence-electron chi connectivity index (χ1n) is 9.80. The van der Waals surface area contributed by atoms with Crippen LogP contribution in [0.15, 0.2) is 41.4 Å². The van der Waals surface area contributed by atoms with Crippen molar-refractivity contribution in [3.8, 4) is 11.5 Å². The Kier molecular flexibility index (Phi) is 5.40. The second kappa shape index (κ2) is 8.13. The third kappa shape index (κ3) is 3.78. The Balaban J connectivity index is 1.62. The third-order valence-corrected chi connectivity index (χ3v) is 5.56. The Hall–Kier alpha value is -3.06. The van der Waals surface area contributed by atoms with E-state index in [4.69, 9.17) is 15.2 Å². The standard InChI is InChI=1S/C22H26N4O3/c1-28-17-11-18-21(20(12-17)29-2)19(13-27)25-22(24-18)14-3-5-16(6-4-14)26-9-7-15(23)8-10-26/h3-6,11-13,15,19H,7-10,23H2,1-2H3,(H,24,25). The van der Waals surface area contributed by atoms with Gasteiger partial charge < -0.3 is 30.2 Å². The number of piperidine rings is 1. The number of hydrogen-bond acceptors (Lipinski definition) is 7. The van der Waals surface area contributed by atoms with Crippen LogP contribution in [0.4, 0.5) is 11.4 Å². The number of carbonyl (C=O) groups excluding carboxylic acids is 1. The van der Waals surface area contributed by atoms with Gasteiger partial charge in [-0.3, -0.25) is 4.99 Å². The van der Waals surface area contributed by atoms with Crippen molar-refractivity contribution in [3.05, 3.63) is 47.5 Å². The predicted octanol–water partition coefficient (Wildman–Crippen LogP) is 2.74. The minimum absolute atomic E-state index is 0.306. The molecule has 3 N–H and O–H groups in total. The zero-order chi connectivity index (χ0) is 20.4. The number of anilines is 2. The molecule has 0 aromatic heterocycles. The topological polar surface area (TPSA) is 89.2 Å². The number of benzene rings is 2. The summed E-state index contributed by atoms with van der Waals surface area (Å²) in [5, 5.41) is 3.33. The summed E-state index contributed by atoms with van der Waals surface area (Å²) in [7, 11) is 3.17. The van der Waals surface area contributed by atoms with Crippen molar-refractivity contribution in [2.24, 2.45) is 10.7 Å². The molecule has 2 aliphatic heterocycles. The summed E-state index contributed by atoms with van der Waals surface area (Å²) in [6.45, 7) is 1.94. The van der Waals surface area contributed by atoms with Crippen LogP contribution in [-0.4, -0.2) is 45.5 Å². The minimum Gasteiger partial charge on any atom is -0.497 e. The molecule has 1 atom stereocenters. The van der Waals surface area contributed by atoms with Crippen LogP contribution in [0.3, 0.4) is 0 Å². The van der Waals surface area contributed by atoms with Crippen LogP contribution in [-0.2, 0) is 4.79 Å². The Bertz CT molecular complexity index is 918. The second-order valence-electron chi connectivity index (χ2n) is 7.35. The number of carbonyl (C=O) groups is 1. The highest BCUT2D eigenvalue weighted by atomic mass is 16.5. The smallest absolute Gasteiger partial charge is 0.149 e. The second-order valence-corrected chi connectivity index (χ2v) is 7.35. The van der Waals surface area contributed by atoms with Gasteiger partial charge >= 0.3 is 0 Å². The van der Waals surface area contributed by atoms with Gasteiger partial charge in [0, 0.05) is 48.1 Å². The molecule has 0 radical (unpaired) electrons. The molecule has 1 saturated heterocycles. The lowest BCUT2D eigenvalue weighted by molar-refractivity contribution is -0.108. The molecule has 2 heterocycles. The zero-order valence-electron chi connectivity index (χ0n) is 16.7. The maximum absolute atomic E-state index is 11.8. The van der Waals surface area contributed by atoms with Crippen LogP contribution in [0.5, 0.6) is 11.5 Å². The van der Waals surface area contributed by atoms with E-state index in [1.165, 1.54) is 5.69 Å². The highest BCUT2D eigenvalue weighted by molar-refractivity contribution is 6.11. The number of aldehydes is 1. The first-order chi connectivity index (χ1) is 14.1. The van der Waals surface area contributed by atoms with Gasteiger partial charge in [-0.05, 0) is 37.1 Å². The number of ether oxygens (including phenoxy) is 2. The van der Waals surface area contributed by atoms with Crippen molar-refractivity contribution in [2.75, 3.05) is 37.5 Å². The van der Waals surface area contributed by atoms with Crippen LogP contribution >= 0.6 is 0 Å². The molecule has 0 saturated carbocycles. The Morgan fingerprint density at radius 2 is 1.86 bits per heavy atom. The van der Waals surface area contributed by atoms with Crippen molar-refractivity contribution in [1.29, 1.82) is 0 Å². The van der Waals surface area contributed by atoms with Gasteiger partial charge in [-0.15, -0.1) is 0 Å². The van der Waals surface area contributed by atoms with E-state index in [2.05, 4.69) is 27.3 Å². The van der Waals surface area contributed by atoms with Gasteiger partial charge in [0.25, 0.3) is 0 Å². The van der Waals surface area contributed by atoms with E-state index in [0.29, 0.717) is 28.9 Å². The average molecular weight is 394 g/mol. The van der Waals surface area contributed by atoms with E-state index in [1.807, 2.05) is 18.2 Å². The van der Waals surface area contributed by atoms with E-state index >= 15 is 0 Å². The average Bonchev–Trinajstić information content (AvgIpc) is 2.78. The molecule has 1 unspecified atom stereocenters. The van der Waals surface area contributed by atoms with Crippen molar-refractivity contribution < 1.29 is 14.3 Å². The first-order valence-corrected chi connectivity index (χ1v) is 9.80. The van der Waals surface area contributed by atoms with Crippen LogP contribution in [0.25, 0.3) is 0 Å². The maximum atomic E-state index is 11.8. The molecular formula is C22H26N4O3. The first kappa shape index (κ1) is 19.3. The van der Waals surface area contributed by atoms with Gasteiger partial charge in [-0.25, -0.2) is 0 Å². The number of nitrogens with zero attached hydrogens (tertiary/aromatic N) is 2. The number of amidine groups is 1. The van der Waals surface area contributed by atoms with Crippen LogP contribution < -0.4 is 25.4 Å². The lowest BCUT2D eigenvalue weighted by atomic mass is 10.0. The number of nitrogens with two attached hydrogens (primary N) is 1. The summed E-state index contributed by atoms with van der Waals surface area (Å²) in [5.74, 6) is 1.88. The summed E-state index contributed by atoms with van der Waals surface area (Å²) in [4.78, 5) is 18.7. The minimum atomic E-state index is -0.634. The van der Waals surface area contributed by atoms with Crippen LogP contribution in [0.2, 0.25) is 0 Å². The van der Waals surface area contributed by atoms with Crippen molar-refractivity contribution in [3.63, 3.8) is 0 Å². The van der Waals surface area contributed by atoms with E-state index in [1.54, 1.807) is 20.3 Å². The monoisotopic (exact) mass is 394 g/mol. The number of fused-ring (bicyclic) bond motifs is 1. The van der Waals surface area contributed by atoms with Gasteiger partial charge in [0.05, 0.1) is 19.9 Å². The van der Waals surface area contributed by atoms with E-state index in [9.17, 15) is 4.79 Å². The molecular weight excluding hydrogens is 368 g/mol. The van der Waals surface area contributed by atoms with Crippen molar-refractivity contribution >= 4 is 23.5 Å². The Labute approximate surface area is 170 Å². The van der Waals surface area contributed by atoms with E-state index in [0.717, 1.165) is 43.5 Å². The molecule has 2 aliphatic rings. The molecule has 0 spiro atoms. The lowest BCUT2D eigenvalue weighted by Gasteiger charge is -2.32. The van der Waals surface area contributed by atoms with Gasteiger partial charge in [0.2, 0.25) is 0 Å². The summed E-state index contributed by atoms with van der Waals surface area (Å²) < 4.78 is 10.8. The molecule has 1 fully saturated rings. The number of rotatable bonds is 5. The van der Waals surface area contributed by atoms with Crippen LogP contribution in [0, 0.1) is 0 Å². The molecule has 0 aliphatic carbocycles. The Morgan fingerprint density at radius 3 is 2.48 bits per heavy atom. The highest BCUT2D eigenvalue weighted by Gasteiger charge is 2.27. The molecule has 152 valence electrons. The lowest BCUT2D eigenvalue weighted by Crippen LogP contribution is -2.39. The van der Waals surface area contributed by atoms with E-state index < -0.39 is 6.04 Å². The molecule has 7 nitrogen and oxygen atoms in total. The predicted molar refractivity (Wildman–Crippen MR) is 114 cm³/mol. The highest BCUT2D eigenvalue weighted by Crippen LogP contribution is 2.40. The van der Waals surface area contributed by atoms with Crippen molar-refractivity contribution in [1.82, 2.24) is 0 Å². The normalized spacial score (nSPS) is 19.1. The van der Waals surface area contributed by atoms with Crippen molar-refractivity contribution in [2.45, 2.75) is 24.9 Å². The number of methoxy groups -OCH3 is 2. The molecule has 0 bridgehead atoms. The van der Waals surface area contributed by atoms with E-state index in [-0.39, 0.29) is 0 Å². The molecule has 0 amide bonds. The Morgan fingerprint density at radius 1 is 1.14 bits per heavy atom. The molecule has 7 heteroatoms. The summed E-state index contributed by atoms with van der Waals surface area (Å²) in [6, 6.07) is 11.5. The van der Waals surface area contributed by atoms with Crippen LogP contribution in [0.1, 0.15) is 30.0 Å². The van der Waals surface area contributed by atoms with Gasteiger partial charge in [0.1, 0.15) is 29.7 Å². The SMILES string of the molecule is COc1cc2c(c(OC)c1)C(C=O)N=C(c1ccc(N3CCC(N)CC3)cc1)N2. The molecule has 2 aromatic rings. The fourth-order valence-corrected chi connectivity index (χ4v) is 3.89. The summed E-state index contributed by atoms with van der Waals surface area (Å²) >= 11 is 0. The molecule has 4 rings (SSSR count). The number of nitrogens with one attached hydrogen (secondary N) is 1. The summed E-state index contributed by atoms with van der Waals surface area (Å²) in [6.07, 6.45) is 2.86. The fourth-order valence-electron chi connectivity index (χ4n) is 3.89. The summed E-state index contributed by atoms with van der Waals surface area (Å²) in [5.41, 5.74) is 9.58. The quantitative estimate of drug-likeness (QED) is 0.758. The zero-order valence-corrected chi connectivity index (χ0v) is 16.7. The fraction of sp³-hybridized carbons (Fsp3) is 0.364. The molecule has 29 heavy (non-hydrogen) atoms. The molecule has 2 aromatic carbocycles. The third-order valence-electron chi connectivity index (χ3n) is 5.56.